The van der Waals surface area contributed by atoms with E-state index in [1.807, 2.05) is 23.1 Å². The highest BCUT2D eigenvalue weighted by molar-refractivity contribution is 5.84. The van der Waals surface area contributed by atoms with Crippen LogP contribution in [0.4, 0.5) is 0 Å². The van der Waals surface area contributed by atoms with E-state index >= 15 is 0 Å². The Bertz CT molecular complexity index is 443. The minimum absolute atomic E-state index is 0.0157. The number of carbonyl (C=O) groups excluding carboxylic acids is 1. The smallest absolute Gasteiger partial charge is 0.241 e. The zero-order chi connectivity index (χ0) is 13.8. The van der Waals surface area contributed by atoms with Gasteiger partial charge in [-0.15, -0.1) is 0 Å². The molecule has 108 valence electrons. The first-order chi connectivity index (χ1) is 9.84. The molecule has 1 aromatic carbocycles. The second-order valence-corrected chi connectivity index (χ2v) is 5.59. The van der Waals surface area contributed by atoms with Gasteiger partial charge >= 0.3 is 0 Å². The van der Waals surface area contributed by atoms with E-state index in [0.29, 0.717) is 12.7 Å². The molecule has 0 bridgehead atoms. The maximum absolute atomic E-state index is 12.4. The lowest BCUT2D eigenvalue weighted by molar-refractivity contribution is -0.132. The fraction of sp³-hybridized carbons (Fsp3) is 0.562. The van der Waals surface area contributed by atoms with Gasteiger partial charge in [-0.3, -0.25) is 10.1 Å². The van der Waals surface area contributed by atoms with Crippen LogP contribution in [0.1, 0.15) is 24.8 Å². The van der Waals surface area contributed by atoms with Crippen LogP contribution in [0, 0.1) is 0 Å². The molecule has 1 atom stereocenters. The summed E-state index contributed by atoms with van der Waals surface area (Å²) >= 11 is 0. The molecule has 2 aliphatic heterocycles. The van der Waals surface area contributed by atoms with E-state index in [9.17, 15) is 4.79 Å². The van der Waals surface area contributed by atoms with Gasteiger partial charge in [0.15, 0.2) is 0 Å². The maximum atomic E-state index is 12.4. The second-order valence-electron chi connectivity index (χ2n) is 5.59. The van der Waals surface area contributed by atoms with Gasteiger partial charge in [0.2, 0.25) is 5.91 Å². The number of nitrogens with one attached hydrogen (secondary N) is 1. The molecule has 2 heterocycles. The van der Waals surface area contributed by atoms with Gasteiger partial charge in [0.05, 0.1) is 12.7 Å². The zero-order valence-electron chi connectivity index (χ0n) is 11.8. The molecular weight excluding hydrogens is 252 g/mol. The van der Waals surface area contributed by atoms with Crippen molar-refractivity contribution >= 4 is 5.91 Å². The molecule has 20 heavy (non-hydrogen) atoms. The van der Waals surface area contributed by atoms with Crippen LogP contribution in [0.2, 0.25) is 0 Å². The van der Waals surface area contributed by atoms with Gasteiger partial charge in [-0.2, -0.15) is 0 Å². The molecular formula is C16H22N2O2. The minimum Gasteiger partial charge on any atom is -0.381 e. The highest BCUT2D eigenvalue weighted by Crippen LogP contribution is 2.19. The van der Waals surface area contributed by atoms with Crippen LogP contribution >= 0.6 is 0 Å². The zero-order valence-corrected chi connectivity index (χ0v) is 11.8. The van der Waals surface area contributed by atoms with Crippen molar-refractivity contribution in [3.05, 3.63) is 35.9 Å². The number of amides is 1. The first kappa shape index (κ1) is 13.6. The molecule has 2 saturated heterocycles. The number of rotatable bonds is 4. The molecule has 0 aromatic heterocycles. The van der Waals surface area contributed by atoms with Crippen LogP contribution in [-0.4, -0.2) is 42.8 Å². The number of ether oxygens (including phenoxy) is 1. The molecule has 0 spiro atoms. The summed E-state index contributed by atoms with van der Waals surface area (Å²) in [6, 6.07) is 10.7. The van der Waals surface area contributed by atoms with Crippen molar-refractivity contribution in [2.24, 2.45) is 0 Å². The molecule has 4 nitrogen and oxygen atoms in total. The first-order valence-electron chi connectivity index (χ1n) is 7.50. The second kappa shape index (κ2) is 6.37. The van der Waals surface area contributed by atoms with Crippen LogP contribution in [0.3, 0.4) is 0 Å². The quantitative estimate of drug-likeness (QED) is 0.906. The van der Waals surface area contributed by atoms with E-state index < -0.39 is 0 Å². The van der Waals surface area contributed by atoms with Gasteiger partial charge in [-0.25, -0.2) is 0 Å². The molecule has 2 aliphatic rings. The number of aryl methyl sites for hydroxylation is 1. The summed E-state index contributed by atoms with van der Waals surface area (Å²) < 4.78 is 5.37. The van der Waals surface area contributed by atoms with E-state index in [0.717, 1.165) is 38.9 Å². The van der Waals surface area contributed by atoms with E-state index in [2.05, 4.69) is 17.4 Å². The molecule has 1 amide bonds. The lowest BCUT2D eigenvalue weighted by Crippen LogP contribution is -2.42. The van der Waals surface area contributed by atoms with Gasteiger partial charge in [0.25, 0.3) is 0 Å². The Morgan fingerprint density at radius 1 is 1.20 bits per heavy atom. The highest BCUT2D eigenvalue weighted by Gasteiger charge is 2.35. The Morgan fingerprint density at radius 3 is 2.70 bits per heavy atom. The van der Waals surface area contributed by atoms with Crippen molar-refractivity contribution in [3.8, 4) is 0 Å². The third-order valence-electron chi connectivity index (χ3n) is 4.29. The molecule has 4 heteroatoms. The average Bonchev–Trinajstić information content (AvgIpc) is 2.88. The fourth-order valence-corrected chi connectivity index (χ4v) is 3.06. The Morgan fingerprint density at radius 2 is 1.95 bits per heavy atom. The standard InChI is InChI=1S/C16H22N2O2/c19-16-15(7-6-13-4-2-1-3-5-13)17-12-18(16)14-8-10-20-11-9-14/h1-5,14-15,17H,6-12H2. The number of nitrogens with zero attached hydrogens (tertiary/aromatic N) is 1. The minimum atomic E-state index is -0.0157. The first-order valence-corrected chi connectivity index (χ1v) is 7.50. The summed E-state index contributed by atoms with van der Waals surface area (Å²) in [5.74, 6) is 0.271. The molecule has 1 aromatic rings. The summed E-state index contributed by atoms with van der Waals surface area (Å²) in [6.07, 6.45) is 3.77. The summed E-state index contributed by atoms with van der Waals surface area (Å²) in [5.41, 5.74) is 1.30. The fourth-order valence-electron chi connectivity index (χ4n) is 3.06. The maximum Gasteiger partial charge on any atom is 0.241 e. The third-order valence-corrected chi connectivity index (χ3v) is 4.29. The van der Waals surface area contributed by atoms with Crippen LogP contribution in [0.25, 0.3) is 0 Å². The SMILES string of the molecule is O=C1C(CCc2ccccc2)NCN1C1CCOCC1. The largest absolute Gasteiger partial charge is 0.381 e. The molecule has 0 aliphatic carbocycles. The van der Waals surface area contributed by atoms with Crippen LogP contribution < -0.4 is 5.32 Å². The van der Waals surface area contributed by atoms with Crippen molar-refractivity contribution in [2.45, 2.75) is 37.8 Å². The topological polar surface area (TPSA) is 41.6 Å². The lowest BCUT2D eigenvalue weighted by atomic mass is 10.0. The van der Waals surface area contributed by atoms with E-state index in [-0.39, 0.29) is 11.9 Å². The van der Waals surface area contributed by atoms with Crippen molar-refractivity contribution in [3.63, 3.8) is 0 Å². The van der Waals surface area contributed by atoms with E-state index in [1.165, 1.54) is 5.56 Å². The normalized spacial score (nSPS) is 24.3. The Labute approximate surface area is 120 Å². The van der Waals surface area contributed by atoms with Gasteiger partial charge in [-0.1, -0.05) is 30.3 Å². The third kappa shape index (κ3) is 3.02. The number of hydrogen-bond donors (Lipinski definition) is 1. The van der Waals surface area contributed by atoms with Gasteiger partial charge in [0.1, 0.15) is 0 Å². The van der Waals surface area contributed by atoms with Crippen LogP contribution in [-0.2, 0) is 16.0 Å². The summed E-state index contributed by atoms with van der Waals surface area (Å²) in [6.45, 7) is 2.26. The molecule has 2 fully saturated rings. The van der Waals surface area contributed by atoms with Gasteiger partial charge in [-0.05, 0) is 31.2 Å². The van der Waals surface area contributed by atoms with Crippen molar-refractivity contribution < 1.29 is 9.53 Å². The van der Waals surface area contributed by atoms with Gasteiger partial charge < -0.3 is 9.64 Å². The summed E-state index contributed by atoms with van der Waals surface area (Å²) in [7, 11) is 0. The highest BCUT2D eigenvalue weighted by atomic mass is 16.5. The molecule has 3 rings (SSSR count). The molecule has 1 N–H and O–H groups in total. The predicted octanol–water partition coefficient (Wildman–Crippen LogP) is 1.56. The Balaban J connectivity index is 1.53. The number of carbonyl (C=O) groups is 1. The molecule has 1 unspecified atom stereocenters. The van der Waals surface area contributed by atoms with E-state index in [1.54, 1.807) is 0 Å². The summed E-state index contributed by atoms with van der Waals surface area (Å²) in [4.78, 5) is 14.5. The van der Waals surface area contributed by atoms with Crippen LogP contribution in [0.15, 0.2) is 30.3 Å². The predicted molar refractivity (Wildman–Crippen MR) is 77.2 cm³/mol. The number of hydrogen-bond acceptors (Lipinski definition) is 3. The average molecular weight is 274 g/mol. The van der Waals surface area contributed by atoms with E-state index in [4.69, 9.17) is 4.74 Å². The number of benzene rings is 1. The van der Waals surface area contributed by atoms with Crippen molar-refractivity contribution in [1.29, 1.82) is 0 Å². The van der Waals surface area contributed by atoms with Crippen LogP contribution in [0.5, 0.6) is 0 Å². The van der Waals surface area contributed by atoms with Crippen molar-refractivity contribution in [2.75, 3.05) is 19.9 Å². The Kier molecular flexibility index (Phi) is 4.33. The monoisotopic (exact) mass is 274 g/mol. The Hall–Kier alpha value is -1.39. The van der Waals surface area contributed by atoms with Gasteiger partial charge in [0, 0.05) is 19.3 Å². The molecule has 0 radical (unpaired) electrons. The lowest BCUT2D eigenvalue weighted by Gasteiger charge is -2.30. The molecule has 0 saturated carbocycles. The summed E-state index contributed by atoms with van der Waals surface area (Å²) in [5, 5.41) is 3.36. The van der Waals surface area contributed by atoms with Crippen molar-refractivity contribution in [1.82, 2.24) is 10.2 Å².